The second-order valence-corrected chi connectivity index (χ2v) is 5.71. The van der Waals surface area contributed by atoms with Gasteiger partial charge in [-0.1, -0.05) is 11.6 Å². The Labute approximate surface area is 123 Å². The summed E-state index contributed by atoms with van der Waals surface area (Å²) in [5.41, 5.74) is 5.45. The molecule has 1 aromatic rings. The van der Waals surface area contributed by atoms with E-state index in [4.69, 9.17) is 26.8 Å². The molecule has 3 N–H and O–H groups in total. The third-order valence-electron chi connectivity index (χ3n) is 3.21. The van der Waals surface area contributed by atoms with E-state index in [1.165, 1.54) is 0 Å². The standard InChI is InChI=1S/C14H19ClN2O3/c1-14(2,13(16)18)17-8-9-6-10(15)12-11(7-9)19-4-3-5-20-12/h6-7,17H,3-5,8H2,1-2H3,(H2,16,18). The van der Waals surface area contributed by atoms with Crippen LogP contribution in [0.5, 0.6) is 11.5 Å². The summed E-state index contributed by atoms with van der Waals surface area (Å²) in [7, 11) is 0. The number of amides is 1. The number of hydrogen-bond donors (Lipinski definition) is 2. The molecule has 1 amide bonds. The second-order valence-electron chi connectivity index (χ2n) is 5.30. The van der Waals surface area contributed by atoms with Crippen molar-refractivity contribution >= 4 is 17.5 Å². The van der Waals surface area contributed by atoms with E-state index in [-0.39, 0.29) is 0 Å². The molecular formula is C14H19ClN2O3. The zero-order chi connectivity index (χ0) is 14.8. The Bertz CT molecular complexity index is 517. The van der Waals surface area contributed by atoms with Crippen LogP contribution in [0.1, 0.15) is 25.8 Å². The lowest BCUT2D eigenvalue weighted by Crippen LogP contribution is -2.50. The molecule has 20 heavy (non-hydrogen) atoms. The van der Waals surface area contributed by atoms with Gasteiger partial charge in [0.2, 0.25) is 5.91 Å². The van der Waals surface area contributed by atoms with Crippen LogP contribution in [0.4, 0.5) is 0 Å². The fourth-order valence-corrected chi connectivity index (χ4v) is 2.08. The van der Waals surface area contributed by atoms with Crippen molar-refractivity contribution in [1.29, 1.82) is 0 Å². The van der Waals surface area contributed by atoms with Gasteiger partial charge in [-0.3, -0.25) is 10.1 Å². The largest absolute Gasteiger partial charge is 0.489 e. The highest BCUT2D eigenvalue weighted by atomic mass is 35.5. The van der Waals surface area contributed by atoms with E-state index in [1.54, 1.807) is 19.9 Å². The first kappa shape index (κ1) is 14.9. The highest BCUT2D eigenvalue weighted by molar-refractivity contribution is 6.32. The molecule has 1 aromatic carbocycles. The minimum absolute atomic E-state index is 0.405. The first-order valence-electron chi connectivity index (χ1n) is 6.53. The normalized spacial score (nSPS) is 14.8. The zero-order valence-corrected chi connectivity index (χ0v) is 12.4. The summed E-state index contributed by atoms with van der Waals surface area (Å²) in [6.45, 7) is 5.14. The van der Waals surface area contributed by atoms with Gasteiger partial charge in [0, 0.05) is 13.0 Å². The van der Waals surface area contributed by atoms with Crippen LogP contribution < -0.4 is 20.5 Å². The summed E-state index contributed by atoms with van der Waals surface area (Å²) in [5.74, 6) is 0.823. The molecule has 0 atom stereocenters. The summed E-state index contributed by atoms with van der Waals surface area (Å²) in [6.07, 6.45) is 0.827. The first-order chi connectivity index (χ1) is 9.40. The van der Waals surface area contributed by atoms with Crippen molar-refractivity contribution in [3.8, 4) is 11.5 Å². The molecule has 110 valence electrons. The van der Waals surface area contributed by atoms with Crippen molar-refractivity contribution in [3.63, 3.8) is 0 Å². The zero-order valence-electron chi connectivity index (χ0n) is 11.7. The summed E-state index contributed by atoms with van der Waals surface area (Å²) in [4.78, 5) is 11.3. The Morgan fingerprint density at radius 2 is 2.10 bits per heavy atom. The lowest BCUT2D eigenvalue weighted by Gasteiger charge is -2.22. The van der Waals surface area contributed by atoms with Gasteiger partial charge in [-0.2, -0.15) is 0 Å². The quantitative estimate of drug-likeness (QED) is 0.890. The highest BCUT2D eigenvalue weighted by Gasteiger charge is 2.24. The van der Waals surface area contributed by atoms with Crippen LogP contribution in [0.2, 0.25) is 5.02 Å². The van der Waals surface area contributed by atoms with Crippen LogP contribution in [0.3, 0.4) is 0 Å². The molecule has 0 fully saturated rings. The molecule has 1 heterocycles. The third-order valence-corrected chi connectivity index (χ3v) is 3.49. The van der Waals surface area contributed by atoms with E-state index in [9.17, 15) is 4.79 Å². The predicted octanol–water partition coefficient (Wildman–Crippen LogP) is 1.85. The molecule has 0 aliphatic carbocycles. The van der Waals surface area contributed by atoms with E-state index >= 15 is 0 Å². The van der Waals surface area contributed by atoms with Crippen LogP contribution in [-0.4, -0.2) is 24.7 Å². The lowest BCUT2D eigenvalue weighted by atomic mass is 10.0. The lowest BCUT2D eigenvalue weighted by molar-refractivity contribution is -0.123. The smallest absolute Gasteiger partial charge is 0.237 e. The minimum Gasteiger partial charge on any atom is -0.489 e. The van der Waals surface area contributed by atoms with Gasteiger partial charge in [-0.15, -0.1) is 0 Å². The van der Waals surface area contributed by atoms with Crippen molar-refractivity contribution in [3.05, 3.63) is 22.7 Å². The van der Waals surface area contributed by atoms with E-state index < -0.39 is 11.4 Å². The predicted molar refractivity (Wildman–Crippen MR) is 77.2 cm³/mol. The summed E-state index contributed by atoms with van der Waals surface area (Å²) >= 11 is 6.21. The van der Waals surface area contributed by atoms with Crippen molar-refractivity contribution in [2.45, 2.75) is 32.4 Å². The van der Waals surface area contributed by atoms with Crippen molar-refractivity contribution < 1.29 is 14.3 Å². The van der Waals surface area contributed by atoms with Crippen LogP contribution in [-0.2, 0) is 11.3 Å². The van der Waals surface area contributed by atoms with E-state index in [0.29, 0.717) is 36.3 Å². The molecule has 1 aliphatic rings. The monoisotopic (exact) mass is 298 g/mol. The average Bonchev–Trinajstić information content (AvgIpc) is 2.62. The molecule has 1 aliphatic heterocycles. The number of benzene rings is 1. The van der Waals surface area contributed by atoms with Crippen molar-refractivity contribution in [2.24, 2.45) is 5.73 Å². The maximum atomic E-state index is 11.3. The third kappa shape index (κ3) is 3.35. The molecule has 0 saturated heterocycles. The Balaban J connectivity index is 2.16. The number of hydrogen-bond acceptors (Lipinski definition) is 4. The van der Waals surface area contributed by atoms with Crippen molar-refractivity contribution in [2.75, 3.05) is 13.2 Å². The number of carbonyl (C=O) groups excluding carboxylic acids is 1. The van der Waals surface area contributed by atoms with E-state index in [0.717, 1.165) is 12.0 Å². The maximum Gasteiger partial charge on any atom is 0.237 e. The average molecular weight is 299 g/mol. The van der Waals surface area contributed by atoms with Gasteiger partial charge in [0.05, 0.1) is 23.8 Å². The Morgan fingerprint density at radius 3 is 2.80 bits per heavy atom. The topological polar surface area (TPSA) is 73.6 Å². The van der Waals surface area contributed by atoms with E-state index in [1.807, 2.05) is 6.07 Å². The number of halogens is 1. The Kier molecular flexibility index (Phi) is 4.40. The number of rotatable bonds is 4. The molecule has 0 radical (unpaired) electrons. The number of nitrogens with one attached hydrogen (secondary N) is 1. The van der Waals surface area contributed by atoms with Gasteiger partial charge in [0.1, 0.15) is 0 Å². The van der Waals surface area contributed by atoms with Gasteiger partial charge < -0.3 is 15.2 Å². The first-order valence-corrected chi connectivity index (χ1v) is 6.91. The SMILES string of the molecule is CC(C)(NCc1cc(Cl)c2c(c1)OCCCO2)C(N)=O. The molecule has 0 saturated carbocycles. The molecule has 5 nitrogen and oxygen atoms in total. The van der Waals surface area contributed by atoms with Gasteiger partial charge in [0.15, 0.2) is 11.5 Å². The van der Waals surface area contributed by atoms with Crippen LogP contribution in [0.15, 0.2) is 12.1 Å². The summed E-state index contributed by atoms with van der Waals surface area (Å²) in [5, 5.41) is 3.61. The highest BCUT2D eigenvalue weighted by Crippen LogP contribution is 2.38. The molecule has 0 aromatic heterocycles. The Morgan fingerprint density at radius 1 is 1.40 bits per heavy atom. The number of ether oxygens (including phenoxy) is 2. The fourth-order valence-electron chi connectivity index (χ4n) is 1.80. The number of carbonyl (C=O) groups is 1. The van der Waals surface area contributed by atoms with Crippen LogP contribution in [0.25, 0.3) is 0 Å². The Hall–Kier alpha value is -1.46. The van der Waals surface area contributed by atoms with E-state index in [2.05, 4.69) is 5.32 Å². The fraction of sp³-hybridized carbons (Fsp3) is 0.500. The molecule has 0 unspecified atom stereocenters. The van der Waals surface area contributed by atoms with Crippen LogP contribution >= 0.6 is 11.6 Å². The van der Waals surface area contributed by atoms with Crippen molar-refractivity contribution in [1.82, 2.24) is 5.32 Å². The van der Waals surface area contributed by atoms with Gasteiger partial charge >= 0.3 is 0 Å². The van der Waals surface area contributed by atoms with Gasteiger partial charge in [-0.25, -0.2) is 0 Å². The summed E-state index contributed by atoms with van der Waals surface area (Å²) in [6, 6.07) is 3.68. The number of fused-ring (bicyclic) bond motifs is 1. The molecule has 0 spiro atoms. The number of nitrogens with two attached hydrogens (primary N) is 1. The van der Waals surface area contributed by atoms with Crippen LogP contribution in [0, 0.1) is 0 Å². The number of primary amides is 1. The molecule has 6 heteroatoms. The molecular weight excluding hydrogens is 280 g/mol. The minimum atomic E-state index is -0.781. The molecule has 0 bridgehead atoms. The summed E-state index contributed by atoms with van der Waals surface area (Å²) < 4.78 is 11.2. The second kappa shape index (κ2) is 5.89. The molecule has 2 rings (SSSR count). The maximum absolute atomic E-state index is 11.3. The van der Waals surface area contributed by atoms with Gasteiger partial charge in [-0.05, 0) is 31.5 Å². The van der Waals surface area contributed by atoms with Gasteiger partial charge in [0.25, 0.3) is 0 Å².